The predicted molar refractivity (Wildman–Crippen MR) is 71.9 cm³/mol. The van der Waals surface area contributed by atoms with Crippen molar-refractivity contribution in [1.29, 1.82) is 0 Å². The van der Waals surface area contributed by atoms with E-state index < -0.39 is 26.6 Å². The molecule has 0 atom stereocenters. The quantitative estimate of drug-likeness (QED) is 0.478. The fraction of sp³-hybridized carbons (Fsp3) is 0. The van der Waals surface area contributed by atoms with Gasteiger partial charge >= 0.3 is 11.6 Å². The minimum absolute atomic E-state index is 0.0182. The molecule has 21 heavy (non-hydrogen) atoms. The molecule has 0 amide bonds. The van der Waals surface area contributed by atoms with Crippen LogP contribution >= 0.6 is 23.2 Å². The van der Waals surface area contributed by atoms with Crippen LogP contribution in [0.2, 0.25) is 10.2 Å². The number of hydrogen-bond acceptors (Lipinski definition) is 7. The van der Waals surface area contributed by atoms with Crippen LogP contribution in [-0.4, -0.2) is 19.8 Å². The van der Waals surface area contributed by atoms with E-state index in [9.17, 15) is 20.2 Å². The van der Waals surface area contributed by atoms with Gasteiger partial charge in [-0.15, -0.1) is 0 Å². The number of aromatic nitrogens is 2. The summed E-state index contributed by atoms with van der Waals surface area (Å²) in [5.41, 5.74) is -0.959. The van der Waals surface area contributed by atoms with Crippen LogP contribution in [0, 0.1) is 20.2 Å². The number of ether oxygens (including phenoxy) is 1. The van der Waals surface area contributed by atoms with Crippen LogP contribution < -0.4 is 4.74 Å². The van der Waals surface area contributed by atoms with Gasteiger partial charge in [-0.25, -0.2) is 4.98 Å². The highest BCUT2D eigenvalue weighted by Crippen LogP contribution is 2.37. The highest BCUT2D eigenvalue weighted by molar-refractivity contribution is 6.32. The Morgan fingerprint density at radius 1 is 1.10 bits per heavy atom. The Kier molecular flexibility index (Phi) is 4.15. The van der Waals surface area contributed by atoms with Gasteiger partial charge in [0.2, 0.25) is 5.15 Å². The van der Waals surface area contributed by atoms with E-state index in [0.29, 0.717) is 0 Å². The zero-order valence-electron chi connectivity index (χ0n) is 9.90. The molecule has 0 fully saturated rings. The van der Waals surface area contributed by atoms with Gasteiger partial charge in [0.25, 0.3) is 5.69 Å². The second-order valence-corrected chi connectivity index (χ2v) is 4.31. The Hall–Kier alpha value is -2.52. The maximum Gasteiger partial charge on any atom is 0.368 e. The summed E-state index contributed by atoms with van der Waals surface area (Å²) in [6.45, 7) is 0. The van der Waals surface area contributed by atoms with Gasteiger partial charge in [-0.1, -0.05) is 23.2 Å². The molecule has 1 aromatic heterocycles. The fourth-order valence-corrected chi connectivity index (χ4v) is 1.71. The third kappa shape index (κ3) is 3.15. The topological polar surface area (TPSA) is 121 Å². The highest BCUT2D eigenvalue weighted by Gasteiger charge is 2.25. The van der Waals surface area contributed by atoms with E-state index in [1.807, 2.05) is 0 Å². The average Bonchev–Trinajstić information content (AvgIpc) is 2.40. The molecule has 0 radical (unpaired) electrons. The van der Waals surface area contributed by atoms with Crippen LogP contribution in [0.3, 0.4) is 0 Å². The van der Waals surface area contributed by atoms with Crippen molar-refractivity contribution in [3.05, 3.63) is 54.9 Å². The average molecular weight is 331 g/mol. The van der Waals surface area contributed by atoms with E-state index in [2.05, 4.69) is 9.97 Å². The number of nitro groups is 2. The lowest BCUT2D eigenvalue weighted by Crippen LogP contribution is -1.99. The summed E-state index contributed by atoms with van der Waals surface area (Å²) in [6.07, 6.45) is 0.954. The standard InChI is InChI=1S/C10H4Cl2N4O5/c11-6-2-1-5(15(17)18)3-7(6)21-10-8(16(19)20)9(12)13-4-14-10/h1-4H. The molecule has 0 spiro atoms. The maximum absolute atomic E-state index is 10.9. The molecule has 0 aliphatic carbocycles. The van der Waals surface area contributed by atoms with Gasteiger partial charge in [0.15, 0.2) is 5.75 Å². The summed E-state index contributed by atoms with van der Waals surface area (Å²) >= 11 is 11.4. The number of halogens is 2. The van der Waals surface area contributed by atoms with Gasteiger partial charge in [0, 0.05) is 6.07 Å². The normalized spacial score (nSPS) is 10.2. The smallest absolute Gasteiger partial charge is 0.368 e. The van der Waals surface area contributed by atoms with Crippen molar-refractivity contribution < 1.29 is 14.6 Å². The summed E-state index contributed by atoms with van der Waals surface area (Å²) in [6, 6.07) is 3.41. The number of non-ortho nitro benzene ring substituents is 1. The number of benzene rings is 1. The predicted octanol–water partition coefficient (Wildman–Crippen LogP) is 3.39. The van der Waals surface area contributed by atoms with Gasteiger partial charge in [-0.2, -0.15) is 4.98 Å². The Labute approximate surface area is 126 Å². The summed E-state index contributed by atoms with van der Waals surface area (Å²) in [7, 11) is 0. The lowest BCUT2D eigenvalue weighted by atomic mass is 10.3. The van der Waals surface area contributed by atoms with Crippen molar-refractivity contribution in [1.82, 2.24) is 9.97 Å². The molecule has 0 saturated heterocycles. The molecule has 0 aliphatic rings. The SMILES string of the molecule is O=[N+]([O-])c1ccc(Cl)c(Oc2ncnc(Cl)c2[N+](=O)[O-])c1. The zero-order chi connectivity index (χ0) is 15.6. The van der Waals surface area contributed by atoms with Crippen LogP contribution in [0.4, 0.5) is 11.4 Å². The Morgan fingerprint density at radius 2 is 1.81 bits per heavy atom. The summed E-state index contributed by atoms with van der Waals surface area (Å²) in [5.74, 6) is -0.633. The third-order valence-electron chi connectivity index (χ3n) is 2.26. The van der Waals surface area contributed by atoms with Gasteiger partial charge < -0.3 is 4.74 Å². The van der Waals surface area contributed by atoms with E-state index in [0.717, 1.165) is 18.5 Å². The second-order valence-electron chi connectivity index (χ2n) is 3.55. The molecular weight excluding hydrogens is 327 g/mol. The minimum atomic E-state index is -0.830. The molecule has 2 aromatic rings. The number of nitro benzene ring substituents is 1. The fourth-order valence-electron chi connectivity index (χ4n) is 1.36. The van der Waals surface area contributed by atoms with Crippen LogP contribution in [-0.2, 0) is 0 Å². The second kappa shape index (κ2) is 5.85. The molecule has 1 heterocycles. The molecule has 2 rings (SSSR count). The van der Waals surface area contributed by atoms with Gasteiger partial charge in [0.1, 0.15) is 6.33 Å². The molecule has 0 saturated carbocycles. The van der Waals surface area contributed by atoms with E-state index in [-0.39, 0.29) is 16.5 Å². The van der Waals surface area contributed by atoms with Crippen molar-refractivity contribution in [2.45, 2.75) is 0 Å². The number of rotatable bonds is 4. The molecule has 9 nitrogen and oxygen atoms in total. The first-order chi connectivity index (χ1) is 9.90. The van der Waals surface area contributed by atoms with Crippen molar-refractivity contribution in [2.24, 2.45) is 0 Å². The highest BCUT2D eigenvalue weighted by atomic mass is 35.5. The van der Waals surface area contributed by atoms with Gasteiger partial charge in [0.05, 0.1) is 20.9 Å². The molecule has 1 aromatic carbocycles. The molecule has 11 heteroatoms. The first-order valence-electron chi connectivity index (χ1n) is 5.17. The Bertz CT molecular complexity index is 739. The summed E-state index contributed by atoms with van der Waals surface area (Å²) < 4.78 is 5.16. The maximum atomic E-state index is 10.9. The lowest BCUT2D eigenvalue weighted by molar-refractivity contribution is -0.386. The molecular formula is C10H4Cl2N4O5. The van der Waals surface area contributed by atoms with Gasteiger partial charge in [-0.05, 0) is 6.07 Å². The van der Waals surface area contributed by atoms with Crippen LogP contribution in [0.25, 0.3) is 0 Å². The van der Waals surface area contributed by atoms with E-state index in [4.69, 9.17) is 27.9 Å². The van der Waals surface area contributed by atoms with Crippen LogP contribution in [0.5, 0.6) is 11.6 Å². The molecule has 0 N–H and O–H groups in total. The van der Waals surface area contributed by atoms with E-state index >= 15 is 0 Å². The van der Waals surface area contributed by atoms with Gasteiger partial charge in [-0.3, -0.25) is 20.2 Å². The largest absolute Gasteiger partial charge is 0.432 e. The van der Waals surface area contributed by atoms with E-state index in [1.54, 1.807) is 0 Å². The summed E-state index contributed by atoms with van der Waals surface area (Å²) in [4.78, 5) is 27.2. The van der Waals surface area contributed by atoms with Crippen molar-refractivity contribution in [3.8, 4) is 11.6 Å². The van der Waals surface area contributed by atoms with Crippen molar-refractivity contribution in [2.75, 3.05) is 0 Å². The van der Waals surface area contributed by atoms with E-state index in [1.165, 1.54) is 6.07 Å². The number of hydrogen-bond donors (Lipinski definition) is 0. The first kappa shape index (κ1) is 14.9. The first-order valence-corrected chi connectivity index (χ1v) is 5.92. The van der Waals surface area contributed by atoms with Crippen molar-refractivity contribution >= 4 is 34.6 Å². The monoisotopic (exact) mass is 330 g/mol. The zero-order valence-corrected chi connectivity index (χ0v) is 11.4. The van der Waals surface area contributed by atoms with Crippen LogP contribution in [0.1, 0.15) is 0 Å². The molecule has 108 valence electrons. The molecule has 0 aliphatic heterocycles. The Balaban J connectivity index is 2.48. The third-order valence-corrected chi connectivity index (χ3v) is 2.85. The molecule has 0 bridgehead atoms. The minimum Gasteiger partial charge on any atom is -0.432 e. The lowest BCUT2D eigenvalue weighted by Gasteiger charge is -2.06. The van der Waals surface area contributed by atoms with Crippen molar-refractivity contribution in [3.63, 3.8) is 0 Å². The number of nitrogens with zero attached hydrogens (tertiary/aromatic N) is 4. The van der Waals surface area contributed by atoms with Crippen LogP contribution in [0.15, 0.2) is 24.5 Å². The summed E-state index contributed by atoms with van der Waals surface area (Å²) in [5, 5.41) is 21.2. The molecule has 0 unspecified atom stereocenters. The Morgan fingerprint density at radius 3 is 2.43 bits per heavy atom.